The smallest absolute Gasteiger partial charge is 0.223 e. The Morgan fingerprint density at radius 2 is 2.12 bits per heavy atom. The minimum atomic E-state index is 0.145. The molecule has 2 nitrogen and oxygen atoms in total. The molecule has 4 atom stereocenters. The van der Waals surface area contributed by atoms with Crippen LogP contribution in [0.25, 0.3) is 0 Å². The number of nitrogens with one attached hydrogen (secondary N) is 1. The van der Waals surface area contributed by atoms with Gasteiger partial charge >= 0.3 is 0 Å². The number of hydrogen-bond acceptors (Lipinski definition) is 1. The van der Waals surface area contributed by atoms with Gasteiger partial charge in [-0.25, -0.2) is 0 Å². The van der Waals surface area contributed by atoms with Gasteiger partial charge in [0.15, 0.2) is 0 Å². The molecule has 1 aromatic rings. The summed E-state index contributed by atoms with van der Waals surface area (Å²) in [6.07, 6.45) is 2.05. The van der Waals surface area contributed by atoms with Gasteiger partial charge in [-0.15, -0.1) is 0 Å². The topological polar surface area (TPSA) is 29.1 Å². The number of benzene rings is 1. The van der Waals surface area contributed by atoms with Gasteiger partial charge in [0.2, 0.25) is 5.91 Å². The summed E-state index contributed by atoms with van der Waals surface area (Å²) in [6, 6.07) is 8.52. The third-order valence-corrected chi connectivity index (χ3v) is 4.76. The molecule has 0 aromatic heterocycles. The average Bonchev–Trinajstić information content (AvgIpc) is 2.96. The first kappa shape index (κ1) is 11.3. The quantitative estimate of drug-likeness (QED) is 0.835. The zero-order valence-electron chi connectivity index (χ0n) is 9.82. The second kappa shape index (κ2) is 4.13. The van der Waals surface area contributed by atoms with Crippen molar-refractivity contribution in [3.63, 3.8) is 0 Å². The Hall–Kier alpha value is -0.830. The van der Waals surface area contributed by atoms with Gasteiger partial charge in [0, 0.05) is 10.7 Å². The Balaban J connectivity index is 1.77. The molecular formula is C14H16BrNO. The molecule has 1 N–H and O–H groups in total. The molecule has 0 aliphatic heterocycles. The molecule has 0 heterocycles. The largest absolute Gasteiger partial charge is 0.348 e. The predicted octanol–water partition coefficient (Wildman–Crippen LogP) is 2.82. The molecule has 1 saturated carbocycles. The minimum Gasteiger partial charge on any atom is -0.348 e. The normalized spacial score (nSPS) is 34.2. The molecule has 90 valence electrons. The number of halogens is 1. The van der Waals surface area contributed by atoms with Gasteiger partial charge in [-0.2, -0.15) is 0 Å². The van der Waals surface area contributed by atoms with Crippen LogP contribution in [0.3, 0.4) is 0 Å². The van der Waals surface area contributed by atoms with E-state index in [1.165, 1.54) is 11.1 Å². The van der Waals surface area contributed by atoms with Crippen LogP contribution in [0.2, 0.25) is 0 Å². The number of alkyl halides is 1. The van der Waals surface area contributed by atoms with E-state index < -0.39 is 0 Å². The first-order chi connectivity index (χ1) is 8.16. The van der Waals surface area contributed by atoms with Crippen LogP contribution >= 0.6 is 15.9 Å². The van der Waals surface area contributed by atoms with Gasteiger partial charge in [0.05, 0.1) is 6.04 Å². The van der Waals surface area contributed by atoms with Crippen LogP contribution in [0.5, 0.6) is 0 Å². The summed E-state index contributed by atoms with van der Waals surface area (Å²) < 4.78 is 0. The van der Waals surface area contributed by atoms with Crippen molar-refractivity contribution in [1.29, 1.82) is 0 Å². The van der Waals surface area contributed by atoms with E-state index in [4.69, 9.17) is 0 Å². The van der Waals surface area contributed by atoms with E-state index in [0.29, 0.717) is 10.7 Å². The molecule has 4 unspecified atom stereocenters. The van der Waals surface area contributed by atoms with E-state index in [1.54, 1.807) is 0 Å². The maximum absolute atomic E-state index is 12.0. The first-order valence-corrected chi connectivity index (χ1v) is 7.10. The Bertz CT molecular complexity index is 459. The van der Waals surface area contributed by atoms with Crippen LogP contribution in [0, 0.1) is 11.8 Å². The molecule has 0 bridgehead atoms. The van der Waals surface area contributed by atoms with Crippen molar-refractivity contribution in [3.05, 3.63) is 35.4 Å². The molecule has 0 radical (unpaired) electrons. The van der Waals surface area contributed by atoms with Crippen molar-refractivity contribution >= 4 is 21.8 Å². The van der Waals surface area contributed by atoms with Crippen LogP contribution < -0.4 is 5.32 Å². The fourth-order valence-corrected chi connectivity index (χ4v) is 3.43. The minimum absolute atomic E-state index is 0.145. The SMILES string of the molecule is CC1CC1C(=O)NC1c2ccccc2CC1Br. The van der Waals surface area contributed by atoms with Gasteiger partial charge < -0.3 is 5.32 Å². The predicted molar refractivity (Wildman–Crippen MR) is 71.0 cm³/mol. The Morgan fingerprint density at radius 3 is 2.82 bits per heavy atom. The van der Waals surface area contributed by atoms with Crippen LogP contribution in [0.15, 0.2) is 24.3 Å². The summed E-state index contributed by atoms with van der Waals surface area (Å²) in [5.41, 5.74) is 2.62. The van der Waals surface area contributed by atoms with Crippen molar-refractivity contribution in [2.24, 2.45) is 11.8 Å². The van der Waals surface area contributed by atoms with Gasteiger partial charge in [0.1, 0.15) is 0 Å². The molecule has 3 rings (SSSR count). The fourth-order valence-electron chi connectivity index (χ4n) is 2.66. The van der Waals surface area contributed by atoms with Crippen molar-refractivity contribution in [2.45, 2.75) is 30.6 Å². The first-order valence-electron chi connectivity index (χ1n) is 6.19. The van der Waals surface area contributed by atoms with Crippen molar-refractivity contribution in [3.8, 4) is 0 Å². The number of fused-ring (bicyclic) bond motifs is 1. The summed E-state index contributed by atoms with van der Waals surface area (Å²) in [4.78, 5) is 12.3. The molecule has 17 heavy (non-hydrogen) atoms. The van der Waals surface area contributed by atoms with Gasteiger partial charge in [-0.1, -0.05) is 47.1 Å². The molecule has 2 aliphatic rings. The lowest BCUT2D eigenvalue weighted by Gasteiger charge is -2.17. The second-order valence-corrected chi connectivity index (χ2v) is 6.40. The van der Waals surface area contributed by atoms with Crippen LogP contribution in [-0.2, 0) is 11.2 Å². The Labute approximate surface area is 110 Å². The molecule has 1 amide bonds. The summed E-state index contributed by atoms with van der Waals surface area (Å²) in [6.45, 7) is 2.14. The zero-order chi connectivity index (χ0) is 12.0. The third-order valence-electron chi connectivity index (χ3n) is 3.91. The summed E-state index contributed by atoms with van der Waals surface area (Å²) in [5, 5.41) is 3.19. The lowest BCUT2D eigenvalue weighted by atomic mass is 10.1. The summed E-state index contributed by atoms with van der Waals surface area (Å²) in [5.74, 6) is 1.05. The highest BCUT2D eigenvalue weighted by molar-refractivity contribution is 9.09. The van der Waals surface area contributed by atoms with E-state index in [9.17, 15) is 4.79 Å². The molecule has 0 saturated heterocycles. The van der Waals surface area contributed by atoms with Gasteiger partial charge in [-0.05, 0) is 29.9 Å². The molecule has 0 spiro atoms. The molecule has 1 aromatic carbocycles. The molecular weight excluding hydrogens is 278 g/mol. The van der Waals surface area contributed by atoms with E-state index in [-0.39, 0.29) is 17.9 Å². The van der Waals surface area contributed by atoms with E-state index in [1.807, 2.05) is 6.07 Å². The second-order valence-electron chi connectivity index (χ2n) is 5.22. The van der Waals surface area contributed by atoms with Crippen LogP contribution in [0.4, 0.5) is 0 Å². The number of carbonyl (C=O) groups excluding carboxylic acids is 1. The lowest BCUT2D eigenvalue weighted by Crippen LogP contribution is -2.33. The number of rotatable bonds is 2. The van der Waals surface area contributed by atoms with Gasteiger partial charge in [-0.3, -0.25) is 4.79 Å². The molecule has 1 fully saturated rings. The highest BCUT2D eigenvalue weighted by atomic mass is 79.9. The van der Waals surface area contributed by atoms with Crippen LogP contribution in [-0.4, -0.2) is 10.7 Å². The standard InChI is InChI=1S/C14H16BrNO/c1-8-6-11(8)14(17)16-13-10-5-3-2-4-9(10)7-12(13)15/h2-5,8,11-13H,6-7H2,1H3,(H,16,17). The molecule has 3 heteroatoms. The maximum atomic E-state index is 12.0. The monoisotopic (exact) mass is 293 g/mol. The van der Waals surface area contributed by atoms with E-state index in [0.717, 1.165) is 12.8 Å². The van der Waals surface area contributed by atoms with E-state index in [2.05, 4.69) is 46.4 Å². The van der Waals surface area contributed by atoms with Gasteiger partial charge in [0.25, 0.3) is 0 Å². The summed E-state index contributed by atoms with van der Waals surface area (Å²) >= 11 is 3.68. The zero-order valence-corrected chi connectivity index (χ0v) is 11.4. The van der Waals surface area contributed by atoms with Crippen molar-refractivity contribution in [1.82, 2.24) is 5.32 Å². The number of hydrogen-bond donors (Lipinski definition) is 1. The number of carbonyl (C=O) groups is 1. The third kappa shape index (κ3) is 2.01. The Morgan fingerprint density at radius 1 is 1.41 bits per heavy atom. The average molecular weight is 294 g/mol. The van der Waals surface area contributed by atoms with E-state index >= 15 is 0 Å². The van der Waals surface area contributed by atoms with Crippen molar-refractivity contribution < 1.29 is 4.79 Å². The highest BCUT2D eigenvalue weighted by Gasteiger charge is 2.41. The van der Waals surface area contributed by atoms with Crippen LogP contribution in [0.1, 0.15) is 30.5 Å². The van der Waals surface area contributed by atoms with Crippen molar-refractivity contribution in [2.75, 3.05) is 0 Å². The highest BCUT2D eigenvalue weighted by Crippen LogP contribution is 2.40. The fraction of sp³-hybridized carbons (Fsp3) is 0.500. The molecule has 2 aliphatic carbocycles. The number of amides is 1. The maximum Gasteiger partial charge on any atom is 0.223 e. The summed E-state index contributed by atoms with van der Waals surface area (Å²) in [7, 11) is 0. The Kier molecular flexibility index (Phi) is 2.74. The lowest BCUT2D eigenvalue weighted by molar-refractivity contribution is -0.123.